The van der Waals surface area contributed by atoms with Gasteiger partial charge >= 0.3 is 18.9 Å². The molecule has 1 aromatic heterocycles. The largest absolute Gasteiger partial charge is 1.00 e. The van der Waals surface area contributed by atoms with E-state index in [0.29, 0.717) is 0 Å². The molecule has 0 saturated carbocycles. The molecule has 1 nitrogen and oxygen atoms in total. The van der Waals surface area contributed by atoms with E-state index < -0.39 is 5.95 Å². The van der Waals surface area contributed by atoms with E-state index in [9.17, 15) is 4.39 Å². The summed E-state index contributed by atoms with van der Waals surface area (Å²) in [5.74, 6) is -0.553. The van der Waals surface area contributed by atoms with Crippen LogP contribution in [0.3, 0.4) is 0 Å². The van der Waals surface area contributed by atoms with E-state index >= 15 is 0 Å². The molecule has 36 valence electrons. The van der Waals surface area contributed by atoms with Gasteiger partial charge in [-0.3, -0.25) is 4.98 Å². The summed E-state index contributed by atoms with van der Waals surface area (Å²) < 4.78 is 11.7. The second-order valence-electron chi connectivity index (χ2n) is 1.07. The Morgan fingerprint density at radius 3 is 2.62 bits per heavy atom. The van der Waals surface area contributed by atoms with Gasteiger partial charge in [-0.25, -0.2) is 10.5 Å². The van der Waals surface area contributed by atoms with E-state index in [1.165, 1.54) is 12.3 Å². The quantitative estimate of drug-likeness (QED) is 0.211. The summed E-state index contributed by atoms with van der Waals surface area (Å²) in [6.07, 6.45) is 1.38. The van der Waals surface area contributed by atoms with Crippen LogP contribution in [0, 0.1) is 12.0 Å². The van der Waals surface area contributed by atoms with Crippen molar-refractivity contribution in [3.63, 3.8) is 0 Å². The van der Waals surface area contributed by atoms with Crippen LogP contribution >= 0.6 is 0 Å². The number of halogens is 1. The molecule has 0 amide bonds. The maximum Gasteiger partial charge on any atom is 1.00 e. The van der Waals surface area contributed by atoms with Gasteiger partial charge in [0, 0.05) is 0 Å². The van der Waals surface area contributed by atoms with Crippen molar-refractivity contribution in [2.24, 2.45) is 0 Å². The van der Waals surface area contributed by atoms with Gasteiger partial charge in [-0.2, -0.15) is 12.1 Å². The minimum absolute atomic E-state index is 0. The van der Waals surface area contributed by atoms with Crippen LogP contribution in [-0.2, 0) is 0 Å². The molecule has 1 rings (SSSR count). The van der Waals surface area contributed by atoms with Gasteiger partial charge in [0.1, 0.15) is 5.95 Å². The predicted molar refractivity (Wildman–Crippen MR) is 23.0 cm³/mol. The summed E-state index contributed by atoms with van der Waals surface area (Å²) in [5.41, 5.74) is 0. The summed E-state index contributed by atoms with van der Waals surface area (Å²) in [6.45, 7) is 0. The van der Waals surface area contributed by atoms with Gasteiger partial charge < -0.3 is 0 Å². The second-order valence-corrected chi connectivity index (χ2v) is 1.07. The molecular formula is C5H3FLiN. The molecule has 0 radical (unpaired) electrons. The van der Waals surface area contributed by atoms with Gasteiger partial charge in [0.2, 0.25) is 0 Å². The first kappa shape index (κ1) is 7.68. The third kappa shape index (κ3) is 2.11. The van der Waals surface area contributed by atoms with E-state index in [-0.39, 0.29) is 18.9 Å². The van der Waals surface area contributed by atoms with E-state index in [4.69, 9.17) is 0 Å². The zero-order valence-corrected chi connectivity index (χ0v) is 4.56. The molecule has 0 N–H and O–H groups in total. The van der Waals surface area contributed by atoms with Gasteiger partial charge in [0.15, 0.2) is 0 Å². The van der Waals surface area contributed by atoms with Crippen LogP contribution in [0.1, 0.15) is 0 Å². The van der Waals surface area contributed by atoms with Crippen molar-refractivity contribution in [3.8, 4) is 0 Å². The first-order valence-electron chi connectivity index (χ1n) is 1.88. The molecule has 0 unspecified atom stereocenters. The topological polar surface area (TPSA) is 12.9 Å². The summed E-state index contributed by atoms with van der Waals surface area (Å²) >= 11 is 0. The number of hydrogen-bond donors (Lipinski definition) is 0. The third-order valence-electron chi connectivity index (χ3n) is 0.573. The second kappa shape index (κ2) is 3.65. The van der Waals surface area contributed by atoms with Gasteiger partial charge in [-0.15, -0.1) is 0 Å². The Morgan fingerprint density at radius 1 is 1.62 bits per heavy atom. The molecule has 1 heterocycles. The summed E-state index contributed by atoms with van der Waals surface area (Å²) in [7, 11) is 0. The van der Waals surface area contributed by atoms with Gasteiger partial charge in [0.05, 0.1) is 0 Å². The van der Waals surface area contributed by atoms with Crippen LogP contribution < -0.4 is 18.9 Å². The summed E-state index contributed by atoms with van der Waals surface area (Å²) in [5, 5.41) is 0. The molecule has 1 aromatic rings. The Morgan fingerprint density at radius 2 is 2.38 bits per heavy atom. The molecular weight excluding hydrogens is 100 g/mol. The minimum atomic E-state index is -0.553. The van der Waals surface area contributed by atoms with E-state index in [0.717, 1.165) is 0 Å². The maximum atomic E-state index is 11.7. The zero-order valence-electron chi connectivity index (χ0n) is 4.56. The van der Waals surface area contributed by atoms with Gasteiger partial charge in [-0.05, 0) is 0 Å². The smallest absolute Gasteiger partial charge is 0.266 e. The number of aromatic nitrogens is 1. The van der Waals surface area contributed by atoms with Crippen molar-refractivity contribution in [1.82, 2.24) is 4.98 Å². The van der Waals surface area contributed by atoms with Crippen molar-refractivity contribution in [2.75, 3.05) is 0 Å². The SMILES string of the molecule is Fc1[c-]cccn1.[Li+]. The Balaban J connectivity index is 0.000000490. The number of hydrogen-bond acceptors (Lipinski definition) is 1. The Hall–Kier alpha value is -0.323. The molecule has 0 aliphatic heterocycles. The molecule has 0 saturated heterocycles. The van der Waals surface area contributed by atoms with Crippen molar-refractivity contribution >= 4 is 0 Å². The predicted octanol–water partition coefficient (Wildman–Crippen LogP) is -1.98. The molecule has 0 aliphatic rings. The van der Waals surface area contributed by atoms with Gasteiger partial charge in [0.25, 0.3) is 0 Å². The molecule has 0 aliphatic carbocycles. The average Bonchev–Trinajstić information content (AvgIpc) is 1.69. The van der Waals surface area contributed by atoms with Crippen LogP contribution in [-0.4, -0.2) is 4.98 Å². The Labute approximate surface area is 59.1 Å². The summed E-state index contributed by atoms with van der Waals surface area (Å²) in [4.78, 5) is 3.26. The Kier molecular flexibility index (Phi) is 3.50. The first-order valence-corrected chi connectivity index (χ1v) is 1.88. The van der Waals surface area contributed by atoms with Crippen LogP contribution in [0.5, 0.6) is 0 Å². The molecule has 0 spiro atoms. The molecule has 0 fully saturated rings. The van der Waals surface area contributed by atoms with Gasteiger partial charge in [-0.1, -0.05) is 6.20 Å². The van der Waals surface area contributed by atoms with Crippen LogP contribution in [0.25, 0.3) is 0 Å². The van der Waals surface area contributed by atoms with Crippen LogP contribution in [0.15, 0.2) is 18.3 Å². The van der Waals surface area contributed by atoms with Crippen LogP contribution in [0.2, 0.25) is 0 Å². The first-order chi connectivity index (χ1) is 3.39. The number of rotatable bonds is 0. The molecule has 3 heteroatoms. The summed E-state index contributed by atoms with van der Waals surface area (Å²) in [6, 6.07) is 5.34. The fourth-order valence-electron chi connectivity index (χ4n) is 0.306. The molecule has 0 aromatic carbocycles. The fraction of sp³-hybridized carbons (Fsp3) is 0. The normalized spacial score (nSPS) is 7.62. The van der Waals surface area contributed by atoms with Crippen molar-refractivity contribution in [3.05, 3.63) is 30.3 Å². The van der Waals surface area contributed by atoms with E-state index in [1.54, 1.807) is 6.07 Å². The molecule has 0 atom stereocenters. The van der Waals surface area contributed by atoms with Crippen molar-refractivity contribution in [2.45, 2.75) is 0 Å². The number of pyridine rings is 1. The maximum absolute atomic E-state index is 11.7. The monoisotopic (exact) mass is 103 g/mol. The third-order valence-corrected chi connectivity index (χ3v) is 0.573. The number of nitrogens with zero attached hydrogens (tertiary/aromatic N) is 1. The standard InChI is InChI=1S/C5H3FN.Li/c6-5-3-1-2-4-7-5;/h1-2,4H;/q-1;+1. The van der Waals surface area contributed by atoms with Crippen LogP contribution in [0.4, 0.5) is 4.39 Å². The zero-order chi connectivity index (χ0) is 5.11. The van der Waals surface area contributed by atoms with E-state index in [1.807, 2.05) is 0 Å². The molecule has 0 bridgehead atoms. The average molecular weight is 103 g/mol. The fourth-order valence-corrected chi connectivity index (χ4v) is 0.306. The van der Waals surface area contributed by atoms with Crippen molar-refractivity contribution in [1.29, 1.82) is 0 Å². The van der Waals surface area contributed by atoms with Crippen molar-refractivity contribution < 1.29 is 23.3 Å². The Bertz CT molecular complexity index is 142. The molecule has 8 heavy (non-hydrogen) atoms. The van der Waals surface area contributed by atoms with E-state index in [2.05, 4.69) is 11.1 Å². The minimum Gasteiger partial charge on any atom is -0.266 e.